The highest BCUT2D eigenvalue weighted by atomic mass is 79.9. The van der Waals surface area contributed by atoms with E-state index in [1.165, 1.54) is 0 Å². The van der Waals surface area contributed by atoms with Crippen molar-refractivity contribution in [2.75, 3.05) is 11.1 Å². The van der Waals surface area contributed by atoms with Gasteiger partial charge in [-0.1, -0.05) is 12.1 Å². The van der Waals surface area contributed by atoms with Crippen LogP contribution in [0.25, 0.3) is 0 Å². The molecule has 1 unspecified atom stereocenters. The number of carboxylic acids is 1. The van der Waals surface area contributed by atoms with Gasteiger partial charge in [0.15, 0.2) is 0 Å². The molecule has 0 aliphatic carbocycles. The van der Waals surface area contributed by atoms with E-state index in [9.17, 15) is 9.59 Å². The Kier molecular flexibility index (Phi) is 5.50. The molecule has 0 aromatic heterocycles. The molecule has 0 heterocycles. The molecule has 1 aromatic carbocycles. The fraction of sp³-hybridized carbons (Fsp3) is 0.273. The lowest BCUT2D eigenvalue weighted by atomic mass is 10.3. The fourth-order valence-corrected chi connectivity index (χ4v) is 2.02. The Bertz CT molecular complexity index is 425. The van der Waals surface area contributed by atoms with E-state index in [1.807, 2.05) is 18.2 Å². The van der Waals surface area contributed by atoms with Gasteiger partial charge in [-0.25, -0.2) is 0 Å². The molecule has 0 aliphatic rings. The molecule has 1 aromatic rings. The molecule has 1 atom stereocenters. The minimum absolute atomic E-state index is 0.120. The van der Waals surface area contributed by atoms with Gasteiger partial charge in [0.1, 0.15) is 0 Å². The Balaban J connectivity index is 2.46. The molecule has 4 nitrogen and oxygen atoms in total. The maximum atomic E-state index is 11.5. The largest absolute Gasteiger partial charge is 0.480 e. The van der Waals surface area contributed by atoms with Crippen molar-refractivity contribution in [1.82, 2.24) is 0 Å². The zero-order chi connectivity index (χ0) is 12.8. The summed E-state index contributed by atoms with van der Waals surface area (Å²) in [6.07, 6.45) is 0. The van der Waals surface area contributed by atoms with Crippen LogP contribution in [-0.2, 0) is 9.59 Å². The van der Waals surface area contributed by atoms with Crippen molar-refractivity contribution in [3.8, 4) is 0 Å². The minimum Gasteiger partial charge on any atom is -0.480 e. The van der Waals surface area contributed by atoms with Crippen LogP contribution in [0.1, 0.15) is 6.92 Å². The number of hydrogen-bond donors (Lipinski definition) is 2. The normalized spacial score (nSPS) is 11.9. The molecular formula is C11H12BrNO3S. The summed E-state index contributed by atoms with van der Waals surface area (Å²) in [6, 6.07) is 7.25. The predicted molar refractivity (Wildman–Crippen MR) is 72.3 cm³/mol. The number of rotatable bonds is 5. The Morgan fingerprint density at radius 2 is 2.12 bits per heavy atom. The first-order valence-electron chi connectivity index (χ1n) is 4.89. The number of aliphatic carboxylic acids is 1. The van der Waals surface area contributed by atoms with Gasteiger partial charge in [0.25, 0.3) is 0 Å². The van der Waals surface area contributed by atoms with Crippen LogP contribution in [0.4, 0.5) is 5.69 Å². The van der Waals surface area contributed by atoms with Crippen LogP contribution in [0.15, 0.2) is 28.7 Å². The van der Waals surface area contributed by atoms with Gasteiger partial charge in [-0.05, 0) is 35.0 Å². The zero-order valence-electron chi connectivity index (χ0n) is 9.14. The quantitative estimate of drug-likeness (QED) is 0.876. The number of anilines is 1. The molecule has 0 bridgehead atoms. The smallest absolute Gasteiger partial charge is 0.316 e. The molecule has 1 amide bonds. The standard InChI is InChI=1S/C11H12BrNO3S/c1-7(11(15)16)17-6-10(14)13-9-5-3-2-4-8(9)12/h2-5,7H,6H2,1H3,(H,13,14)(H,15,16). The predicted octanol–water partition coefficient (Wildman–Crippen LogP) is 2.59. The summed E-state index contributed by atoms with van der Waals surface area (Å²) in [4.78, 5) is 22.1. The van der Waals surface area contributed by atoms with Crippen LogP contribution in [0.5, 0.6) is 0 Å². The Labute approximate surface area is 112 Å². The first-order valence-corrected chi connectivity index (χ1v) is 6.73. The van der Waals surface area contributed by atoms with Crippen molar-refractivity contribution in [2.24, 2.45) is 0 Å². The molecule has 0 saturated carbocycles. The van der Waals surface area contributed by atoms with E-state index in [0.717, 1.165) is 16.2 Å². The monoisotopic (exact) mass is 317 g/mol. The SMILES string of the molecule is CC(SCC(=O)Nc1ccccc1Br)C(=O)O. The van der Waals surface area contributed by atoms with Crippen LogP contribution in [0.2, 0.25) is 0 Å². The van der Waals surface area contributed by atoms with Gasteiger partial charge in [0.05, 0.1) is 16.7 Å². The number of hydrogen-bond acceptors (Lipinski definition) is 3. The van der Waals surface area contributed by atoms with Gasteiger partial charge in [-0.15, -0.1) is 11.8 Å². The lowest BCUT2D eigenvalue weighted by molar-refractivity contribution is -0.136. The molecule has 0 aliphatic heterocycles. The molecule has 92 valence electrons. The average molecular weight is 318 g/mol. The molecule has 0 saturated heterocycles. The van der Waals surface area contributed by atoms with Gasteiger partial charge in [0, 0.05) is 4.47 Å². The summed E-state index contributed by atoms with van der Waals surface area (Å²) in [6.45, 7) is 1.55. The van der Waals surface area contributed by atoms with Crippen LogP contribution < -0.4 is 5.32 Å². The molecular weight excluding hydrogens is 306 g/mol. The summed E-state index contributed by atoms with van der Waals surface area (Å²) in [7, 11) is 0. The van der Waals surface area contributed by atoms with E-state index in [2.05, 4.69) is 21.2 Å². The number of para-hydroxylation sites is 1. The third-order valence-electron chi connectivity index (χ3n) is 1.96. The van der Waals surface area contributed by atoms with Crippen molar-refractivity contribution < 1.29 is 14.7 Å². The molecule has 17 heavy (non-hydrogen) atoms. The summed E-state index contributed by atoms with van der Waals surface area (Å²) >= 11 is 4.40. The van der Waals surface area contributed by atoms with E-state index in [-0.39, 0.29) is 11.7 Å². The van der Waals surface area contributed by atoms with Gasteiger partial charge in [0.2, 0.25) is 5.91 Å². The maximum Gasteiger partial charge on any atom is 0.316 e. The summed E-state index contributed by atoms with van der Waals surface area (Å²) in [5.41, 5.74) is 0.682. The lowest BCUT2D eigenvalue weighted by Crippen LogP contribution is -2.19. The average Bonchev–Trinajstić information content (AvgIpc) is 2.29. The molecule has 1 rings (SSSR count). The Morgan fingerprint density at radius 3 is 2.71 bits per heavy atom. The van der Waals surface area contributed by atoms with E-state index in [4.69, 9.17) is 5.11 Å². The van der Waals surface area contributed by atoms with Crippen molar-refractivity contribution in [3.63, 3.8) is 0 Å². The number of thioether (sulfide) groups is 1. The Morgan fingerprint density at radius 1 is 1.47 bits per heavy atom. The van der Waals surface area contributed by atoms with Crippen LogP contribution in [0, 0.1) is 0 Å². The zero-order valence-corrected chi connectivity index (χ0v) is 11.5. The third-order valence-corrected chi connectivity index (χ3v) is 3.78. The van der Waals surface area contributed by atoms with Crippen molar-refractivity contribution in [2.45, 2.75) is 12.2 Å². The number of carboxylic acid groups (broad SMARTS) is 1. The molecule has 0 spiro atoms. The molecule has 0 fully saturated rings. The van der Waals surface area contributed by atoms with E-state index in [1.54, 1.807) is 13.0 Å². The van der Waals surface area contributed by atoms with Crippen LogP contribution in [0.3, 0.4) is 0 Å². The third kappa shape index (κ3) is 4.79. The number of carbonyl (C=O) groups is 2. The number of benzene rings is 1. The summed E-state index contributed by atoms with van der Waals surface area (Å²) < 4.78 is 0.796. The maximum absolute atomic E-state index is 11.5. The molecule has 0 radical (unpaired) electrons. The Hall–Kier alpha value is -1.01. The topological polar surface area (TPSA) is 66.4 Å². The van der Waals surface area contributed by atoms with Gasteiger partial charge in [-0.3, -0.25) is 9.59 Å². The van der Waals surface area contributed by atoms with Gasteiger partial charge < -0.3 is 10.4 Å². The number of carbonyl (C=O) groups excluding carboxylic acids is 1. The highest BCUT2D eigenvalue weighted by Gasteiger charge is 2.13. The second-order valence-electron chi connectivity index (χ2n) is 3.32. The molecule has 6 heteroatoms. The van der Waals surface area contributed by atoms with E-state index >= 15 is 0 Å². The highest BCUT2D eigenvalue weighted by Crippen LogP contribution is 2.21. The first-order chi connectivity index (χ1) is 8.00. The van der Waals surface area contributed by atoms with Gasteiger partial charge in [-0.2, -0.15) is 0 Å². The highest BCUT2D eigenvalue weighted by molar-refractivity contribution is 9.10. The second kappa shape index (κ2) is 6.66. The van der Waals surface area contributed by atoms with Crippen molar-refractivity contribution >= 4 is 45.3 Å². The number of halogens is 1. The summed E-state index contributed by atoms with van der Waals surface area (Å²) in [5, 5.41) is 10.8. The van der Waals surface area contributed by atoms with Crippen LogP contribution in [-0.4, -0.2) is 28.0 Å². The lowest BCUT2D eigenvalue weighted by Gasteiger charge is -2.08. The first kappa shape index (κ1) is 14.1. The van der Waals surface area contributed by atoms with E-state index in [0.29, 0.717) is 5.69 Å². The minimum atomic E-state index is -0.913. The fourth-order valence-electron chi connectivity index (χ4n) is 1.02. The van der Waals surface area contributed by atoms with E-state index < -0.39 is 11.2 Å². The van der Waals surface area contributed by atoms with Crippen molar-refractivity contribution in [3.05, 3.63) is 28.7 Å². The second-order valence-corrected chi connectivity index (χ2v) is 5.50. The number of nitrogens with one attached hydrogen (secondary N) is 1. The number of amides is 1. The molecule has 2 N–H and O–H groups in total. The summed E-state index contributed by atoms with van der Waals surface area (Å²) in [5.74, 6) is -1.01. The van der Waals surface area contributed by atoms with Crippen molar-refractivity contribution in [1.29, 1.82) is 0 Å². The van der Waals surface area contributed by atoms with Crippen LogP contribution >= 0.6 is 27.7 Å². The van der Waals surface area contributed by atoms with Gasteiger partial charge >= 0.3 is 5.97 Å².